The minimum Gasteiger partial charge on any atom is -0.497 e. The van der Waals surface area contributed by atoms with Crippen molar-refractivity contribution < 1.29 is 14.3 Å². The monoisotopic (exact) mass is 422 g/mol. The second-order valence-corrected chi connectivity index (χ2v) is 8.19. The number of imidazole rings is 1. The van der Waals surface area contributed by atoms with Crippen molar-refractivity contribution in [3.63, 3.8) is 0 Å². The average Bonchev–Trinajstić information content (AvgIpc) is 3.14. The lowest BCUT2D eigenvalue weighted by molar-refractivity contribution is 0.0923. The Hall–Kier alpha value is -3.06. The van der Waals surface area contributed by atoms with Gasteiger partial charge in [-0.25, -0.2) is 4.98 Å². The lowest BCUT2D eigenvalue weighted by Crippen LogP contribution is -2.38. The minimum atomic E-state index is -0.111. The molecule has 1 aliphatic rings. The van der Waals surface area contributed by atoms with E-state index < -0.39 is 0 Å². The van der Waals surface area contributed by atoms with Crippen molar-refractivity contribution >= 4 is 16.9 Å². The van der Waals surface area contributed by atoms with Crippen LogP contribution in [0, 0.1) is 0 Å². The summed E-state index contributed by atoms with van der Waals surface area (Å²) in [6.45, 7) is 0.517. The number of amides is 1. The molecule has 2 aromatic carbocycles. The molecule has 2 unspecified atom stereocenters. The van der Waals surface area contributed by atoms with Gasteiger partial charge < -0.3 is 25.1 Å². The van der Waals surface area contributed by atoms with Gasteiger partial charge in [0.1, 0.15) is 17.3 Å². The summed E-state index contributed by atoms with van der Waals surface area (Å²) < 4.78 is 12.8. The first-order valence-corrected chi connectivity index (χ1v) is 10.7. The summed E-state index contributed by atoms with van der Waals surface area (Å²) in [7, 11) is 5.22. The zero-order valence-electron chi connectivity index (χ0n) is 18.4. The molecule has 4 rings (SSSR count). The molecule has 0 spiro atoms. The maximum Gasteiger partial charge on any atom is 0.251 e. The zero-order chi connectivity index (χ0) is 22.0. The molecule has 3 N–H and O–H groups in total. The highest BCUT2D eigenvalue weighted by atomic mass is 16.5. The van der Waals surface area contributed by atoms with Crippen molar-refractivity contribution in [3.05, 3.63) is 53.3 Å². The van der Waals surface area contributed by atoms with Crippen molar-refractivity contribution in [1.82, 2.24) is 14.9 Å². The Morgan fingerprint density at radius 1 is 1.16 bits per heavy atom. The fraction of sp³-hybridized carbons (Fsp3) is 0.417. The molecule has 31 heavy (non-hydrogen) atoms. The third kappa shape index (κ3) is 4.37. The summed E-state index contributed by atoms with van der Waals surface area (Å²) >= 11 is 0. The van der Waals surface area contributed by atoms with Gasteiger partial charge in [0, 0.05) is 37.2 Å². The summed E-state index contributed by atoms with van der Waals surface area (Å²) in [5, 5.41) is 3.21. The van der Waals surface area contributed by atoms with Gasteiger partial charge in [-0.3, -0.25) is 4.79 Å². The number of carbonyl (C=O) groups excluding carboxylic acids is 1. The number of nitrogens with one attached hydrogen (secondary N) is 1. The molecule has 2 atom stereocenters. The fourth-order valence-electron chi connectivity index (χ4n) is 4.51. The van der Waals surface area contributed by atoms with Gasteiger partial charge in [0.2, 0.25) is 0 Å². The number of hydrogen-bond donors (Lipinski definition) is 2. The van der Waals surface area contributed by atoms with E-state index in [1.807, 2.05) is 12.1 Å². The Balaban J connectivity index is 1.51. The molecule has 164 valence electrons. The lowest BCUT2D eigenvalue weighted by atomic mass is 9.85. The number of aryl methyl sites for hydroxylation is 1. The van der Waals surface area contributed by atoms with Gasteiger partial charge in [-0.05, 0) is 49.1 Å². The van der Waals surface area contributed by atoms with Crippen LogP contribution in [0.1, 0.15) is 53.3 Å². The predicted octanol–water partition coefficient (Wildman–Crippen LogP) is 3.51. The largest absolute Gasteiger partial charge is 0.497 e. The number of nitrogens with two attached hydrogens (primary N) is 1. The van der Waals surface area contributed by atoms with Crippen molar-refractivity contribution in [1.29, 1.82) is 0 Å². The van der Waals surface area contributed by atoms with Crippen molar-refractivity contribution in [2.45, 2.75) is 44.2 Å². The highest BCUT2D eigenvalue weighted by Crippen LogP contribution is 2.34. The first-order valence-electron chi connectivity index (χ1n) is 10.7. The molecular formula is C24H30N4O3. The second kappa shape index (κ2) is 8.98. The molecule has 1 heterocycles. The van der Waals surface area contributed by atoms with Gasteiger partial charge in [-0.1, -0.05) is 12.5 Å². The summed E-state index contributed by atoms with van der Waals surface area (Å²) in [5.41, 5.74) is 9.54. The summed E-state index contributed by atoms with van der Waals surface area (Å²) in [4.78, 5) is 17.8. The van der Waals surface area contributed by atoms with Crippen LogP contribution < -0.4 is 20.5 Å². The number of ether oxygens (including phenoxy) is 2. The van der Waals surface area contributed by atoms with E-state index >= 15 is 0 Å². The number of methoxy groups -OCH3 is 2. The van der Waals surface area contributed by atoms with E-state index in [0.29, 0.717) is 29.5 Å². The highest BCUT2D eigenvalue weighted by molar-refractivity contribution is 5.95. The molecule has 1 aliphatic carbocycles. The van der Waals surface area contributed by atoms with E-state index in [1.54, 1.807) is 32.4 Å². The van der Waals surface area contributed by atoms with Crippen LogP contribution in [0.15, 0.2) is 36.4 Å². The first kappa shape index (κ1) is 21.2. The van der Waals surface area contributed by atoms with Crippen molar-refractivity contribution in [3.8, 4) is 11.5 Å². The molecule has 1 saturated carbocycles. The molecule has 7 heteroatoms. The van der Waals surface area contributed by atoms with Gasteiger partial charge in [-0.15, -0.1) is 0 Å². The molecule has 0 bridgehead atoms. The molecule has 3 aromatic rings. The van der Waals surface area contributed by atoms with E-state index in [-0.39, 0.29) is 11.9 Å². The van der Waals surface area contributed by atoms with E-state index in [9.17, 15) is 4.79 Å². The summed E-state index contributed by atoms with van der Waals surface area (Å²) in [6.07, 6.45) is 3.95. The maximum atomic E-state index is 12.9. The molecule has 0 aliphatic heterocycles. The van der Waals surface area contributed by atoms with Gasteiger partial charge in [0.15, 0.2) is 0 Å². The van der Waals surface area contributed by atoms with Gasteiger partial charge >= 0.3 is 0 Å². The van der Waals surface area contributed by atoms with Crippen LogP contribution >= 0.6 is 0 Å². The zero-order valence-corrected chi connectivity index (χ0v) is 18.4. The first-order chi connectivity index (χ1) is 15.0. The number of benzene rings is 2. The van der Waals surface area contributed by atoms with Crippen LogP contribution in [0.5, 0.6) is 11.5 Å². The number of rotatable bonds is 6. The molecule has 0 saturated heterocycles. The van der Waals surface area contributed by atoms with Crippen molar-refractivity contribution in [2.24, 2.45) is 12.8 Å². The minimum absolute atomic E-state index is 0.0999. The smallest absolute Gasteiger partial charge is 0.251 e. The fourth-order valence-corrected chi connectivity index (χ4v) is 4.51. The quantitative estimate of drug-likeness (QED) is 0.634. The predicted molar refractivity (Wildman–Crippen MR) is 121 cm³/mol. The van der Waals surface area contributed by atoms with E-state index in [0.717, 1.165) is 48.1 Å². The highest BCUT2D eigenvalue weighted by Gasteiger charge is 2.28. The maximum absolute atomic E-state index is 12.9. The number of hydrogen-bond acceptors (Lipinski definition) is 5. The van der Waals surface area contributed by atoms with Crippen LogP contribution in [0.3, 0.4) is 0 Å². The van der Waals surface area contributed by atoms with Crippen LogP contribution in [0.2, 0.25) is 0 Å². The molecule has 1 aromatic heterocycles. The van der Waals surface area contributed by atoms with E-state index in [1.165, 1.54) is 0 Å². The SMILES string of the molecule is COc1cc(OC)cc(C(=O)NC2CCCC(c3nc4ccc(CN)cc4n3C)C2)c1. The van der Waals surface area contributed by atoms with E-state index in [2.05, 4.69) is 23.0 Å². The average molecular weight is 423 g/mol. The molecule has 1 fully saturated rings. The third-order valence-electron chi connectivity index (χ3n) is 6.20. The van der Waals surface area contributed by atoms with Gasteiger partial charge in [0.05, 0.1) is 25.3 Å². The topological polar surface area (TPSA) is 91.4 Å². The van der Waals surface area contributed by atoms with Gasteiger partial charge in [0.25, 0.3) is 5.91 Å². The van der Waals surface area contributed by atoms with Crippen molar-refractivity contribution in [2.75, 3.05) is 14.2 Å². The number of aromatic nitrogens is 2. The van der Waals surface area contributed by atoms with Crippen LogP contribution in [-0.4, -0.2) is 35.7 Å². The summed E-state index contributed by atoms with van der Waals surface area (Å²) in [6, 6.07) is 11.5. The Morgan fingerprint density at radius 2 is 1.90 bits per heavy atom. The van der Waals surface area contributed by atoms with Gasteiger partial charge in [-0.2, -0.15) is 0 Å². The van der Waals surface area contributed by atoms with Crippen LogP contribution in [0.25, 0.3) is 11.0 Å². The van der Waals surface area contributed by atoms with E-state index in [4.69, 9.17) is 20.2 Å². The Bertz CT molecular complexity index is 1070. The Labute approximate surface area is 182 Å². The van der Waals surface area contributed by atoms with Crippen LogP contribution in [-0.2, 0) is 13.6 Å². The third-order valence-corrected chi connectivity index (χ3v) is 6.20. The van der Waals surface area contributed by atoms with Crippen LogP contribution in [0.4, 0.5) is 0 Å². The molecule has 1 amide bonds. The Kier molecular flexibility index (Phi) is 6.13. The summed E-state index contributed by atoms with van der Waals surface area (Å²) in [5.74, 6) is 2.47. The lowest BCUT2D eigenvalue weighted by Gasteiger charge is -2.29. The molecule has 0 radical (unpaired) electrons. The second-order valence-electron chi connectivity index (χ2n) is 8.19. The number of carbonyl (C=O) groups is 1. The normalized spacial score (nSPS) is 18.7. The molecular weight excluding hydrogens is 392 g/mol. The Morgan fingerprint density at radius 3 is 2.58 bits per heavy atom. The standard InChI is InChI=1S/C24H30N4O3/c1-28-22-9-15(14-25)7-8-21(22)27-23(28)16-5-4-6-18(10-16)26-24(29)17-11-19(30-2)13-20(12-17)31-3/h7-9,11-13,16,18H,4-6,10,14,25H2,1-3H3,(H,26,29). The molecule has 7 nitrogen and oxygen atoms in total. The number of fused-ring (bicyclic) bond motifs is 1. The number of nitrogens with zero attached hydrogens (tertiary/aromatic N) is 2.